The number of halogens is 1. The van der Waals surface area contributed by atoms with Gasteiger partial charge in [-0.2, -0.15) is 0 Å². The van der Waals surface area contributed by atoms with Gasteiger partial charge in [0.05, 0.1) is 18.9 Å². The van der Waals surface area contributed by atoms with Gasteiger partial charge in [-0.1, -0.05) is 24.3 Å². The lowest BCUT2D eigenvalue weighted by Gasteiger charge is -2.12. The van der Waals surface area contributed by atoms with Crippen molar-refractivity contribution in [3.63, 3.8) is 0 Å². The van der Waals surface area contributed by atoms with Crippen molar-refractivity contribution >= 4 is 5.69 Å². The van der Waals surface area contributed by atoms with Gasteiger partial charge in [0.25, 0.3) is 0 Å². The van der Waals surface area contributed by atoms with Crippen LogP contribution in [0.2, 0.25) is 0 Å². The van der Waals surface area contributed by atoms with E-state index in [0.29, 0.717) is 18.9 Å². The third-order valence-corrected chi connectivity index (χ3v) is 2.93. The van der Waals surface area contributed by atoms with Crippen molar-refractivity contribution in [3.8, 4) is 5.75 Å². The van der Waals surface area contributed by atoms with E-state index in [1.165, 1.54) is 12.1 Å². The molecule has 2 aromatic rings. The molecule has 0 bridgehead atoms. The highest BCUT2D eigenvalue weighted by Crippen LogP contribution is 2.26. The van der Waals surface area contributed by atoms with Crippen molar-refractivity contribution in [2.75, 3.05) is 11.9 Å². The topological polar surface area (TPSA) is 41.5 Å². The standard InChI is InChI=1S/C16H18FNO2/c1-2-20-16-9-14(17)7-8-15(16)18-10-12-3-5-13(11-19)6-4-12/h3-9,18-19H,2,10-11H2,1H3. The number of hydrogen-bond donors (Lipinski definition) is 2. The highest BCUT2D eigenvalue weighted by molar-refractivity contribution is 5.56. The molecule has 0 atom stereocenters. The summed E-state index contributed by atoms with van der Waals surface area (Å²) < 4.78 is 18.6. The average molecular weight is 275 g/mol. The maximum atomic E-state index is 13.2. The van der Waals surface area contributed by atoms with Crippen LogP contribution in [0.3, 0.4) is 0 Å². The predicted octanol–water partition coefficient (Wildman–Crippen LogP) is 3.33. The van der Waals surface area contributed by atoms with Crippen LogP contribution < -0.4 is 10.1 Å². The van der Waals surface area contributed by atoms with Gasteiger partial charge in [0.1, 0.15) is 11.6 Å². The Morgan fingerprint density at radius 3 is 2.45 bits per heavy atom. The monoisotopic (exact) mass is 275 g/mol. The molecular formula is C16H18FNO2. The Morgan fingerprint density at radius 1 is 1.10 bits per heavy atom. The number of rotatable bonds is 6. The smallest absolute Gasteiger partial charge is 0.145 e. The number of nitrogens with one attached hydrogen (secondary N) is 1. The molecule has 20 heavy (non-hydrogen) atoms. The zero-order valence-corrected chi connectivity index (χ0v) is 11.4. The van der Waals surface area contributed by atoms with Crippen molar-refractivity contribution in [1.82, 2.24) is 0 Å². The first-order valence-electron chi connectivity index (χ1n) is 6.58. The molecule has 0 saturated heterocycles. The molecule has 0 aliphatic heterocycles. The molecule has 3 nitrogen and oxygen atoms in total. The Hall–Kier alpha value is -2.07. The van der Waals surface area contributed by atoms with Gasteiger partial charge < -0.3 is 15.2 Å². The van der Waals surface area contributed by atoms with Crippen molar-refractivity contribution in [2.24, 2.45) is 0 Å². The lowest BCUT2D eigenvalue weighted by atomic mass is 10.1. The first kappa shape index (κ1) is 14.3. The summed E-state index contributed by atoms with van der Waals surface area (Å²) in [6.07, 6.45) is 0. The fourth-order valence-electron chi connectivity index (χ4n) is 1.88. The Kier molecular flexibility index (Phi) is 4.96. The Bertz CT molecular complexity index is 555. The van der Waals surface area contributed by atoms with E-state index < -0.39 is 0 Å². The second kappa shape index (κ2) is 6.91. The van der Waals surface area contributed by atoms with Gasteiger partial charge in [0.2, 0.25) is 0 Å². The van der Waals surface area contributed by atoms with Crippen molar-refractivity contribution in [1.29, 1.82) is 0 Å². The SMILES string of the molecule is CCOc1cc(F)ccc1NCc1ccc(CO)cc1. The molecule has 0 fully saturated rings. The number of anilines is 1. The normalized spacial score (nSPS) is 10.3. The van der Waals surface area contributed by atoms with Crippen molar-refractivity contribution < 1.29 is 14.2 Å². The van der Waals surface area contributed by atoms with Crippen molar-refractivity contribution in [3.05, 3.63) is 59.4 Å². The van der Waals surface area contributed by atoms with E-state index in [0.717, 1.165) is 16.8 Å². The molecule has 0 aliphatic rings. The Balaban J connectivity index is 2.05. The minimum atomic E-state index is -0.314. The zero-order chi connectivity index (χ0) is 14.4. The first-order valence-corrected chi connectivity index (χ1v) is 6.58. The average Bonchev–Trinajstić information content (AvgIpc) is 2.47. The van der Waals surface area contributed by atoms with E-state index in [1.807, 2.05) is 31.2 Å². The van der Waals surface area contributed by atoms with Crippen LogP contribution in [0, 0.1) is 5.82 Å². The van der Waals surface area contributed by atoms with Crippen LogP contribution in [0.4, 0.5) is 10.1 Å². The number of ether oxygens (including phenoxy) is 1. The number of hydrogen-bond acceptors (Lipinski definition) is 3. The molecule has 0 saturated carbocycles. The summed E-state index contributed by atoms with van der Waals surface area (Å²) in [6.45, 7) is 3.00. The number of aliphatic hydroxyl groups is 1. The van der Waals surface area contributed by atoms with E-state index >= 15 is 0 Å². The molecule has 0 aromatic heterocycles. The van der Waals surface area contributed by atoms with E-state index in [2.05, 4.69) is 5.32 Å². The third-order valence-electron chi connectivity index (χ3n) is 2.93. The van der Waals surface area contributed by atoms with Gasteiger partial charge in [0, 0.05) is 12.6 Å². The molecule has 4 heteroatoms. The summed E-state index contributed by atoms with van der Waals surface area (Å²) in [6, 6.07) is 12.1. The summed E-state index contributed by atoms with van der Waals surface area (Å²) in [5.74, 6) is 0.200. The maximum absolute atomic E-state index is 13.2. The maximum Gasteiger partial charge on any atom is 0.145 e. The molecule has 0 spiro atoms. The fourth-order valence-corrected chi connectivity index (χ4v) is 1.88. The first-order chi connectivity index (χ1) is 9.72. The molecule has 2 rings (SSSR count). The summed E-state index contributed by atoms with van der Waals surface area (Å²) >= 11 is 0. The minimum Gasteiger partial charge on any atom is -0.492 e. The van der Waals surface area contributed by atoms with Crippen LogP contribution in [0.15, 0.2) is 42.5 Å². The molecule has 0 heterocycles. The Labute approximate surface area is 118 Å². The van der Waals surface area contributed by atoms with E-state index in [1.54, 1.807) is 6.07 Å². The molecule has 2 N–H and O–H groups in total. The van der Waals surface area contributed by atoms with Crippen LogP contribution in [-0.2, 0) is 13.2 Å². The van der Waals surface area contributed by atoms with E-state index in [-0.39, 0.29) is 12.4 Å². The summed E-state index contributed by atoms with van der Waals surface area (Å²) in [5.41, 5.74) is 2.72. The van der Waals surface area contributed by atoms with Gasteiger partial charge in [-0.3, -0.25) is 0 Å². The zero-order valence-electron chi connectivity index (χ0n) is 11.4. The van der Waals surface area contributed by atoms with E-state index in [9.17, 15) is 4.39 Å². The van der Waals surface area contributed by atoms with Crippen LogP contribution in [-0.4, -0.2) is 11.7 Å². The quantitative estimate of drug-likeness (QED) is 0.849. The molecule has 0 amide bonds. The summed E-state index contributed by atoms with van der Waals surface area (Å²) in [7, 11) is 0. The molecule has 2 aromatic carbocycles. The molecular weight excluding hydrogens is 257 g/mol. The fraction of sp³-hybridized carbons (Fsp3) is 0.250. The molecule has 106 valence electrons. The second-order valence-electron chi connectivity index (χ2n) is 4.40. The molecule has 0 aliphatic carbocycles. The van der Waals surface area contributed by atoms with Crippen LogP contribution in [0.5, 0.6) is 5.75 Å². The van der Waals surface area contributed by atoms with Gasteiger partial charge in [-0.05, 0) is 30.2 Å². The highest BCUT2D eigenvalue weighted by Gasteiger charge is 2.05. The second-order valence-corrected chi connectivity index (χ2v) is 4.40. The lowest BCUT2D eigenvalue weighted by molar-refractivity contribution is 0.282. The summed E-state index contributed by atoms with van der Waals surface area (Å²) in [4.78, 5) is 0. The predicted molar refractivity (Wildman–Crippen MR) is 77.3 cm³/mol. The molecule has 0 radical (unpaired) electrons. The summed E-state index contributed by atoms with van der Waals surface area (Å²) in [5, 5.41) is 12.2. The number of aliphatic hydroxyl groups excluding tert-OH is 1. The number of benzene rings is 2. The molecule has 0 unspecified atom stereocenters. The van der Waals surface area contributed by atoms with Gasteiger partial charge in [-0.15, -0.1) is 0 Å². The van der Waals surface area contributed by atoms with Gasteiger partial charge in [-0.25, -0.2) is 4.39 Å². The highest BCUT2D eigenvalue weighted by atomic mass is 19.1. The lowest BCUT2D eigenvalue weighted by Crippen LogP contribution is -2.03. The van der Waals surface area contributed by atoms with Crippen LogP contribution >= 0.6 is 0 Å². The third kappa shape index (κ3) is 3.71. The largest absolute Gasteiger partial charge is 0.492 e. The van der Waals surface area contributed by atoms with Gasteiger partial charge >= 0.3 is 0 Å². The Morgan fingerprint density at radius 2 is 1.80 bits per heavy atom. The van der Waals surface area contributed by atoms with E-state index in [4.69, 9.17) is 9.84 Å². The minimum absolute atomic E-state index is 0.0418. The van der Waals surface area contributed by atoms with Gasteiger partial charge in [0.15, 0.2) is 0 Å². The van der Waals surface area contributed by atoms with Crippen molar-refractivity contribution in [2.45, 2.75) is 20.1 Å². The van der Waals surface area contributed by atoms with Crippen LogP contribution in [0.25, 0.3) is 0 Å². The van der Waals surface area contributed by atoms with Crippen LogP contribution in [0.1, 0.15) is 18.1 Å².